The molecule has 1 aliphatic heterocycles. The van der Waals surface area contributed by atoms with E-state index in [1.807, 2.05) is 0 Å². The van der Waals surface area contributed by atoms with Crippen LogP contribution >= 0.6 is 22.6 Å². The van der Waals surface area contributed by atoms with Crippen molar-refractivity contribution in [3.05, 3.63) is 32.9 Å². The maximum Gasteiger partial charge on any atom is 0.410 e. The zero-order valence-corrected chi connectivity index (χ0v) is 15.8. The van der Waals surface area contributed by atoms with E-state index in [1.165, 1.54) is 11.0 Å². The van der Waals surface area contributed by atoms with Crippen LogP contribution in [0.4, 0.5) is 13.6 Å². The summed E-state index contributed by atoms with van der Waals surface area (Å²) in [5, 5.41) is 2.58. The largest absolute Gasteiger partial charge is 0.444 e. The van der Waals surface area contributed by atoms with Crippen LogP contribution in [-0.4, -0.2) is 41.6 Å². The average molecular weight is 452 g/mol. The number of hydrogen-bond donors (Lipinski definition) is 1. The Labute approximate surface area is 152 Å². The highest BCUT2D eigenvalue weighted by atomic mass is 127. The van der Waals surface area contributed by atoms with E-state index in [1.54, 1.807) is 43.4 Å². The maximum atomic E-state index is 14.0. The van der Waals surface area contributed by atoms with Gasteiger partial charge in [0, 0.05) is 22.7 Å². The fraction of sp³-hybridized carbons (Fsp3) is 0.500. The first-order chi connectivity index (χ1) is 11.1. The van der Waals surface area contributed by atoms with Crippen LogP contribution in [0.2, 0.25) is 0 Å². The third-order valence-electron chi connectivity index (χ3n) is 3.45. The molecule has 1 unspecified atom stereocenters. The molecule has 0 aromatic heterocycles. The molecule has 1 aliphatic rings. The number of carbonyl (C=O) groups is 2. The van der Waals surface area contributed by atoms with Crippen molar-refractivity contribution < 1.29 is 23.1 Å². The van der Waals surface area contributed by atoms with Gasteiger partial charge in [-0.25, -0.2) is 13.6 Å². The Bertz CT molecular complexity index is 661. The van der Waals surface area contributed by atoms with Gasteiger partial charge in [-0.05, 0) is 61.9 Å². The zero-order valence-electron chi connectivity index (χ0n) is 13.7. The predicted molar refractivity (Wildman–Crippen MR) is 92.8 cm³/mol. The van der Waals surface area contributed by atoms with Crippen molar-refractivity contribution >= 4 is 34.6 Å². The third kappa shape index (κ3) is 4.55. The van der Waals surface area contributed by atoms with Crippen molar-refractivity contribution in [3.63, 3.8) is 0 Å². The first-order valence-corrected chi connectivity index (χ1v) is 8.58. The topological polar surface area (TPSA) is 58.6 Å². The van der Waals surface area contributed by atoms with Crippen molar-refractivity contribution in [2.45, 2.75) is 38.8 Å². The molecule has 0 spiro atoms. The highest BCUT2D eigenvalue weighted by molar-refractivity contribution is 14.1. The van der Waals surface area contributed by atoms with E-state index in [0.717, 1.165) is 6.07 Å². The molecule has 1 atom stereocenters. The molecule has 2 amide bonds. The molecule has 1 aromatic rings. The second kappa shape index (κ2) is 7.20. The molecular formula is C16H19F2IN2O3. The van der Waals surface area contributed by atoms with E-state index < -0.39 is 34.8 Å². The number of halogens is 3. The highest BCUT2D eigenvalue weighted by Crippen LogP contribution is 2.20. The Morgan fingerprint density at radius 1 is 1.33 bits per heavy atom. The van der Waals surface area contributed by atoms with E-state index in [2.05, 4.69) is 5.32 Å². The van der Waals surface area contributed by atoms with Crippen molar-refractivity contribution in [1.82, 2.24) is 10.2 Å². The van der Waals surface area contributed by atoms with Gasteiger partial charge in [0.25, 0.3) is 5.91 Å². The van der Waals surface area contributed by atoms with Crippen molar-refractivity contribution in [2.75, 3.05) is 13.1 Å². The number of carbonyl (C=O) groups excluding carboxylic acids is 2. The summed E-state index contributed by atoms with van der Waals surface area (Å²) >= 11 is 1.70. The monoisotopic (exact) mass is 452 g/mol. The lowest BCUT2D eigenvalue weighted by Gasteiger charge is -2.24. The molecule has 1 fully saturated rings. The van der Waals surface area contributed by atoms with Crippen LogP contribution in [-0.2, 0) is 4.74 Å². The molecule has 8 heteroatoms. The van der Waals surface area contributed by atoms with Gasteiger partial charge >= 0.3 is 6.09 Å². The Hall–Kier alpha value is -1.45. The van der Waals surface area contributed by atoms with Crippen LogP contribution in [0.15, 0.2) is 12.1 Å². The summed E-state index contributed by atoms with van der Waals surface area (Å²) in [6.07, 6.45) is 0.0314. The maximum absolute atomic E-state index is 14.0. The smallest absolute Gasteiger partial charge is 0.410 e. The first kappa shape index (κ1) is 18.9. The van der Waals surface area contributed by atoms with Crippen LogP contribution in [0.1, 0.15) is 37.6 Å². The summed E-state index contributed by atoms with van der Waals surface area (Å²) in [7, 11) is 0. The quantitative estimate of drug-likeness (QED) is 0.554. The van der Waals surface area contributed by atoms with E-state index in [4.69, 9.17) is 4.74 Å². The van der Waals surface area contributed by atoms with Crippen LogP contribution in [0.5, 0.6) is 0 Å². The van der Waals surface area contributed by atoms with Crippen LogP contribution in [0.25, 0.3) is 0 Å². The standard InChI is InChI=1S/C16H19F2IN2O3/c1-16(2,3)24-15(23)21-7-6-9(8-21)20-14(22)12-10(17)4-5-11(19)13(12)18/h4-5,9H,6-8H2,1-3H3,(H,20,22). The molecule has 1 N–H and O–H groups in total. The van der Waals surface area contributed by atoms with Crippen LogP contribution < -0.4 is 5.32 Å². The molecule has 0 saturated carbocycles. The zero-order chi connectivity index (χ0) is 18.1. The molecule has 132 valence electrons. The number of nitrogens with one attached hydrogen (secondary N) is 1. The van der Waals surface area contributed by atoms with Gasteiger partial charge in [-0.1, -0.05) is 0 Å². The second-order valence-electron chi connectivity index (χ2n) is 6.60. The fourth-order valence-electron chi connectivity index (χ4n) is 2.36. The second-order valence-corrected chi connectivity index (χ2v) is 7.77. The lowest BCUT2D eigenvalue weighted by molar-refractivity contribution is 0.0290. The summed E-state index contributed by atoms with van der Waals surface area (Å²) in [6, 6.07) is 1.95. The number of rotatable bonds is 2. The van der Waals surface area contributed by atoms with Crippen molar-refractivity contribution in [3.8, 4) is 0 Å². The minimum atomic E-state index is -0.910. The van der Waals surface area contributed by atoms with Gasteiger partial charge in [0.05, 0.1) is 0 Å². The minimum absolute atomic E-state index is 0.168. The molecule has 2 rings (SSSR count). The summed E-state index contributed by atoms with van der Waals surface area (Å²) in [6.45, 7) is 5.96. The van der Waals surface area contributed by atoms with Gasteiger partial charge in [-0.3, -0.25) is 4.79 Å². The van der Waals surface area contributed by atoms with Crippen LogP contribution in [0, 0.1) is 15.2 Å². The lowest BCUT2D eigenvalue weighted by atomic mass is 10.1. The number of benzene rings is 1. The molecule has 0 radical (unpaired) electrons. The molecule has 0 bridgehead atoms. The predicted octanol–water partition coefficient (Wildman–Crippen LogP) is 3.31. The number of amides is 2. The van der Waals surface area contributed by atoms with E-state index in [9.17, 15) is 18.4 Å². The fourth-order valence-corrected chi connectivity index (χ4v) is 2.81. The molecule has 1 saturated heterocycles. The summed E-state index contributed by atoms with van der Waals surface area (Å²) < 4.78 is 33.2. The molecular weight excluding hydrogens is 433 g/mol. The van der Waals surface area contributed by atoms with Crippen molar-refractivity contribution in [2.24, 2.45) is 0 Å². The van der Waals surface area contributed by atoms with Gasteiger partial charge in [0.1, 0.15) is 17.0 Å². The first-order valence-electron chi connectivity index (χ1n) is 7.51. The minimum Gasteiger partial charge on any atom is -0.444 e. The number of likely N-dealkylation sites (tertiary alicyclic amines) is 1. The molecule has 0 aliphatic carbocycles. The van der Waals surface area contributed by atoms with Crippen molar-refractivity contribution in [1.29, 1.82) is 0 Å². The number of nitrogens with zero attached hydrogens (tertiary/aromatic N) is 1. The Balaban J connectivity index is 2.00. The van der Waals surface area contributed by atoms with Gasteiger partial charge in [0.2, 0.25) is 0 Å². The molecule has 5 nitrogen and oxygen atoms in total. The normalized spacial score (nSPS) is 17.8. The van der Waals surface area contributed by atoms with Gasteiger partial charge in [0.15, 0.2) is 5.82 Å². The number of ether oxygens (including phenoxy) is 1. The van der Waals surface area contributed by atoms with E-state index >= 15 is 0 Å². The summed E-state index contributed by atoms with van der Waals surface area (Å²) in [5.74, 6) is -2.61. The highest BCUT2D eigenvalue weighted by Gasteiger charge is 2.31. The van der Waals surface area contributed by atoms with Crippen LogP contribution in [0.3, 0.4) is 0 Å². The van der Waals surface area contributed by atoms with E-state index in [-0.39, 0.29) is 16.2 Å². The van der Waals surface area contributed by atoms with Gasteiger partial charge in [-0.15, -0.1) is 0 Å². The van der Waals surface area contributed by atoms with E-state index in [0.29, 0.717) is 13.0 Å². The Kier molecular flexibility index (Phi) is 5.67. The molecule has 1 aromatic carbocycles. The third-order valence-corrected chi connectivity index (χ3v) is 4.28. The Morgan fingerprint density at radius 2 is 2.00 bits per heavy atom. The Morgan fingerprint density at radius 3 is 2.62 bits per heavy atom. The van der Waals surface area contributed by atoms with Gasteiger partial charge < -0.3 is 15.0 Å². The number of hydrogen-bond acceptors (Lipinski definition) is 3. The lowest BCUT2D eigenvalue weighted by Crippen LogP contribution is -2.40. The average Bonchev–Trinajstić information content (AvgIpc) is 2.90. The summed E-state index contributed by atoms with van der Waals surface area (Å²) in [5.41, 5.74) is -1.21. The molecule has 1 heterocycles. The molecule has 24 heavy (non-hydrogen) atoms. The summed E-state index contributed by atoms with van der Waals surface area (Å²) in [4.78, 5) is 25.6. The van der Waals surface area contributed by atoms with Gasteiger partial charge in [-0.2, -0.15) is 0 Å². The SMILES string of the molecule is CC(C)(C)OC(=O)N1CCC(NC(=O)c2c(F)ccc(I)c2F)C1.